The molecule has 0 amide bonds. The fraction of sp³-hybridized carbons (Fsp3) is 0.500. The van der Waals surface area contributed by atoms with Gasteiger partial charge in [0.2, 0.25) is 0 Å². The molecule has 0 unspecified atom stereocenters. The second-order valence-corrected chi connectivity index (χ2v) is 5.00. The predicted octanol–water partition coefficient (Wildman–Crippen LogP) is 1.51. The molecule has 6 nitrogen and oxygen atoms in total. The molecule has 0 radical (unpaired) electrons. The first kappa shape index (κ1) is 14.5. The summed E-state index contributed by atoms with van der Waals surface area (Å²) < 4.78 is 1.89. The van der Waals surface area contributed by atoms with Crippen LogP contribution in [0.3, 0.4) is 0 Å². The van der Waals surface area contributed by atoms with Crippen LogP contribution in [0.5, 0.6) is 0 Å². The number of hydrogen-bond acceptors (Lipinski definition) is 5. The summed E-state index contributed by atoms with van der Waals surface area (Å²) in [5.74, 6) is 0.488. The van der Waals surface area contributed by atoms with E-state index in [2.05, 4.69) is 23.8 Å². The van der Waals surface area contributed by atoms with Crippen molar-refractivity contribution in [2.75, 3.05) is 36.8 Å². The van der Waals surface area contributed by atoms with Crippen LogP contribution < -0.4 is 17.2 Å². The van der Waals surface area contributed by atoms with Crippen LogP contribution in [0.1, 0.15) is 20.3 Å². The van der Waals surface area contributed by atoms with Gasteiger partial charge in [0.05, 0.1) is 11.2 Å². The van der Waals surface area contributed by atoms with Crippen LogP contribution in [-0.2, 0) is 6.54 Å². The fourth-order valence-electron chi connectivity index (χ4n) is 2.54. The minimum Gasteiger partial charge on any atom is -0.399 e. The van der Waals surface area contributed by atoms with Gasteiger partial charge in [-0.25, -0.2) is 0 Å². The molecule has 20 heavy (non-hydrogen) atoms. The van der Waals surface area contributed by atoms with Gasteiger partial charge in [-0.15, -0.1) is 0 Å². The summed E-state index contributed by atoms with van der Waals surface area (Å²) in [7, 11) is 0. The van der Waals surface area contributed by atoms with Crippen molar-refractivity contribution in [1.82, 2.24) is 14.7 Å². The van der Waals surface area contributed by atoms with Crippen LogP contribution in [0.25, 0.3) is 10.9 Å². The zero-order valence-electron chi connectivity index (χ0n) is 12.3. The van der Waals surface area contributed by atoms with Crippen LogP contribution in [0, 0.1) is 0 Å². The molecule has 2 rings (SSSR count). The lowest BCUT2D eigenvalue weighted by molar-refractivity contribution is 0.292. The average molecular weight is 276 g/mol. The normalized spacial score (nSPS) is 11.6. The van der Waals surface area contributed by atoms with Crippen LogP contribution in [0.4, 0.5) is 17.2 Å². The average Bonchev–Trinajstić information content (AvgIpc) is 2.72. The molecule has 110 valence electrons. The molecule has 1 aromatic heterocycles. The highest BCUT2D eigenvalue weighted by Crippen LogP contribution is 2.28. The van der Waals surface area contributed by atoms with Gasteiger partial charge in [-0.1, -0.05) is 13.8 Å². The van der Waals surface area contributed by atoms with Gasteiger partial charge in [0.1, 0.15) is 0 Å². The minimum absolute atomic E-state index is 0.488. The Hall–Kier alpha value is -1.95. The molecule has 0 atom stereocenters. The Balaban J connectivity index is 2.19. The lowest BCUT2D eigenvalue weighted by Crippen LogP contribution is -2.25. The lowest BCUT2D eigenvalue weighted by Gasteiger charge is -2.17. The summed E-state index contributed by atoms with van der Waals surface area (Å²) >= 11 is 0. The van der Waals surface area contributed by atoms with Crippen molar-refractivity contribution in [2.24, 2.45) is 0 Å². The zero-order chi connectivity index (χ0) is 14.7. The van der Waals surface area contributed by atoms with Crippen LogP contribution >= 0.6 is 0 Å². The van der Waals surface area contributed by atoms with Crippen LogP contribution in [0.15, 0.2) is 12.1 Å². The van der Waals surface area contributed by atoms with Crippen molar-refractivity contribution in [2.45, 2.75) is 26.8 Å². The Kier molecular flexibility index (Phi) is 4.34. The van der Waals surface area contributed by atoms with Crippen molar-refractivity contribution in [3.8, 4) is 0 Å². The Morgan fingerprint density at radius 3 is 2.50 bits per heavy atom. The summed E-state index contributed by atoms with van der Waals surface area (Å²) in [6.45, 7) is 8.33. The van der Waals surface area contributed by atoms with E-state index in [0.29, 0.717) is 17.2 Å². The van der Waals surface area contributed by atoms with Gasteiger partial charge < -0.3 is 22.1 Å². The standard InChI is InChI=1S/C14H24N6/c1-3-19(4-2)6-5-7-20-13-11(14(17)18-20)8-10(15)9-12(13)16/h8-9H,3-7,15-16H2,1-2H3,(H2,17,18). The number of hydrogen-bond donors (Lipinski definition) is 3. The molecular weight excluding hydrogens is 252 g/mol. The van der Waals surface area contributed by atoms with Crippen molar-refractivity contribution in [3.63, 3.8) is 0 Å². The highest BCUT2D eigenvalue weighted by atomic mass is 15.3. The largest absolute Gasteiger partial charge is 0.399 e. The number of nitrogen functional groups attached to an aromatic ring is 3. The smallest absolute Gasteiger partial charge is 0.153 e. The van der Waals surface area contributed by atoms with E-state index in [4.69, 9.17) is 17.2 Å². The maximum absolute atomic E-state index is 6.05. The highest BCUT2D eigenvalue weighted by molar-refractivity contribution is 5.99. The van der Waals surface area contributed by atoms with E-state index in [-0.39, 0.29) is 0 Å². The number of fused-ring (bicyclic) bond motifs is 1. The number of aromatic nitrogens is 2. The van der Waals surface area contributed by atoms with E-state index in [1.807, 2.05) is 10.7 Å². The molecule has 0 saturated carbocycles. The van der Waals surface area contributed by atoms with Gasteiger partial charge in [0, 0.05) is 17.6 Å². The first-order chi connectivity index (χ1) is 9.56. The van der Waals surface area contributed by atoms with Crippen molar-refractivity contribution >= 4 is 28.1 Å². The van der Waals surface area contributed by atoms with Gasteiger partial charge in [0.15, 0.2) is 5.82 Å². The Morgan fingerprint density at radius 1 is 1.15 bits per heavy atom. The number of rotatable bonds is 6. The summed E-state index contributed by atoms with van der Waals surface area (Å²) in [4.78, 5) is 2.39. The van der Waals surface area contributed by atoms with E-state index >= 15 is 0 Å². The molecule has 1 aromatic carbocycles. The molecule has 0 spiro atoms. The third-order valence-corrected chi connectivity index (χ3v) is 3.66. The second-order valence-electron chi connectivity index (χ2n) is 5.00. The molecule has 2 aromatic rings. The minimum atomic E-state index is 0.488. The molecule has 0 saturated heterocycles. The summed E-state index contributed by atoms with van der Waals surface area (Å²) in [5, 5.41) is 5.22. The molecule has 6 heteroatoms. The molecule has 0 bridgehead atoms. The third kappa shape index (κ3) is 2.80. The maximum atomic E-state index is 6.05. The topological polar surface area (TPSA) is 99.1 Å². The van der Waals surface area contributed by atoms with E-state index in [0.717, 1.165) is 43.5 Å². The third-order valence-electron chi connectivity index (χ3n) is 3.66. The Morgan fingerprint density at radius 2 is 1.85 bits per heavy atom. The van der Waals surface area contributed by atoms with E-state index < -0.39 is 0 Å². The molecule has 0 fully saturated rings. The fourth-order valence-corrected chi connectivity index (χ4v) is 2.54. The molecule has 0 aliphatic carbocycles. The summed E-state index contributed by atoms with van der Waals surface area (Å²) in [6.07, 6.45) is 1.02. The monoisotopic (exact) mass is 276 g/mol. The second kappa shape index (κ2) is 6.00. The molecule has 0 aliphatic rings. The van der Waals surface area contributed by atoms with E-state index in [1.54, 1.807) is 6.07 Å². The zero-order valence-corrected chi connectivity index (χ0v) is 12.3. The van der Waals surface area contributed by atoms with Crippen molar-refractivity contribution in [3.05, 3.63) is 12.1 Å². The summed E-state index contributed by atoms with van der Waals surface area (Å²) in [5.41, 5.74) is 19.9. The summed E-state index contributed by atoms with van der Waals surface area (Å²) in [6, 6.07) is 3.58. The lowest BCUT2D eigenvalue weighted by atomic mass is 10.2. The highest BCUT2D eigenvalue weighted by Gasteiger charge is 2.12. The van der Waals surface area contributed by atoms with Gasteiger partial charge in [-0.3, -0.25) is 4.68 Å². The molecular formula is C14H24N6. The quantitative estimate of drug-likeness (QED) is 0.695. The van der Waals surface area contributed by atoms with Crippen molar-refractivity contribution < 1.29 is 0 Å². The van der Waals surface area contributed by atoms with Crippen LogP contribution in [-0.4, -0.2) is 34.3 Å². The van der Waals surface area contributed by atoms with Crippen LogP contribution in [0.2, 0.25) is 0 Å². The molecule has 6 N–H and O–H groups in total. The molecule has 1 heterocycles. The van der Waals surface area contributed by atoms with E-state index in [1.165, 1.54) is 0 Å². The first-order valence-corrected chi connectivity index (χ1v) is 7.10. The maximum Gasteiger partial charge on any atom is 0.153 e. The number of nitrogens with zero attached hydrogens (tertiary/aromatic N) is 3. The van der Waals surface area contributed by atoms with Crippen molar-refractivity contribution in [1.29, 1.82) is 0 Å². The Labute approximate surface area is 119 Å². The number of anilines is 3. The van der Waals surface area contributed by atoms with Gasteiger partial charge in [-0.05, 0) is 38.2 Å². The van der Waals surface area contributed by atoms with E-state index in [9.17, 15) is 0 Å². The molecule has 0 aliphatic heterocycles. The number of aryl methyl sites for hydroxylation is 1. The van der Waals surface area contributed by atoms with Gasteiger partial charge in [-0.2, -0.15) is 5.10 Å². The van der Waals surface area contributed by atoms with Gasteiger partial charge in [0.25, 0.3) is 0 Å². The Bertz CT molecular complexity index is 585. The first-order valence-electron chi connectivity index (χ1n) is 7.10. The van der Waals surface area contributed by atoms with Gasteiger partial charge >= 0.3 is 0 Å². The predicted molar refractivity (Wildman–Crippen MR) is 85.4 cm³/mol. The number of benzene rings is 1. The SMILES string of the molecule is CCN(CC)CCCn1nc(N)c2cc(N)cc(N)c21. The number of nitrogens with two attached hydrogens (primary N) is 3.